The molecule has 0 saturated carbocycles. The Hall–Kier alpha value is -1.25. The maximum absolute atomic E-state index is 11.8. The highest BCUT2D eigenvalue weighted by atomic mass is 16.2. The first kappa shape index (κ1) is 10.8. The van der Waals surface area contributed by atoms with E-state index in [1.54, 1.807) is 25.1 Å². The average Bonchev–Trinajstić information content (AvgIpc) is 2.09. The molecule has 3 heteroatoms. The highest BCUT2D eigenvalue weighted by Crippen LogP contribution is 2.27. The van der Waals surface area contributed by atoms with Crippen LogP contribution in [0.4, 0.5) is 0 Å². The minimum Gasteiger partial charge on any atom is -0.399 e. The Morgan fingerprint density at radius 3 is 2.50 bits per heavy atom. The molecule has 2 atom stereocenters. The summed E-state index contributed by atoms with van der Waals surface area (Å²) in [5.74, 6) is 0.636. The fraction of sp³-hybridized carbons (Fsp3) is 0.545. The zero-order valence-corrected chi connectivity index (χ0v) is 9.24. The van der Waals surface area contributed by atoms with Crippen molar-refractivity contribution in [3.05, 3.63) is 23.4 Å². The predicted molar refractivity (Wildman–Crippen MR) is 57.4 cm³/mol. The Labute approximate surface area is 85.3 Å². The van der Waals surface area contributed by atoms with E-state index in [2.05, 4.69) is 13.8 Å². The van der Waals surface area contributed by atoms with Crippen LogP contribution in [0.1, 0.15) is 13.8 Å². The summed E-state index contributed by atoms with van der Waals surface area (Å²) >= 11 is 0. The smallest absolute Gasteiger partial charge is 0.249 e. The van der Waals surface area contributed by atoms with Crippen molar-refractivity contribution in [3.8, 4) is 0 Å². The number of nitrogens with zero attached hydrogens (tertiary/aromatic N) is 1. The van der Waals surface area contributed by atoms with Gasteiger partial charge in [0.05, 0.1) is 0 Å². The largest absolute Gasteiger partial charge is 0.399 e. The zero-order valence-electron chi connectivity index (χ0n) is 9.24. The molecular weight excluding hydrogens is 176 g/mol. The van der Waals surface area contributed by atoms with Crippen LogP contribution in [-0.2, 0) is 4.79 Å². The van der Waals surface area contributed by atoms with Crippen molar-refractivity contribution in [2.75, 3.05) is 14.1 Å². The first-order chi connectivity index (χ1) is 6.43. The average molecular weight is 194 g/mol. The van der Waals surface area contributed by atoms with E-state index in [1.807, 2.05) is 6.08 Å². The molecule has 2 N–H and O–H groups in total. The number of rotatable bonds is 1. The Kier molecular flexibility index (Phi) is 2.99. The molecule has 0 bridgehead atoms. The third-order valence-corrected chi connectivity index (χ3v) is 2.71. The maximum atomic E-state index is 11.8. The number of nitrogens with two attached hydrogens (primary N) is 1. The Morgan fingerprint density at radius 2 is 2.00 bits per heavy atom. The molecular formula is C11H18N2O. The summed E-state index contributed by atoms with van der Waals surface area (Å²) in [6.07, 6.45) is 3.78. The summed E-state index contributed by atoms with van der Waals surface area (Å²) in [5.41, 5.74) is 7.23. The molecule has 0 saturated heterocycles. The van der Waals surface area contributed by atoms with E-state index >= 15 is 0 Å². The van der Waals surface area contributed by atoms with Gasteiger partial charge in [-0.25, -0.2) is 0 Å². The first-order valence-electron chi connectivity index (χ1n) is 4.84. The molecule has 78 valence electrons. The van der Waals surface area contributed by atoms with Crippen LogP contribution in [-0.4, -0.2) is 24.9 Å². The maximum Gasteiger partial charge on any atom is 0.249 e. The van der Waals surface area contributed by atoms with Gasteiger partial charge in [0.1, 0.15) is 0 Å². The van der Waals surface area contributed by atoms with Crippen LogP contribution in [0, 0.1) is 11.8 Å². The number of likely N-dealkylation sites (N-methyl/N-ethyl adjacent to an activating group) is 1. The lowest BCUT2D eigenvalue weighted by atomic mass is 9.83. The minimum absolute atomic E-state index is 0.0559. The summed E-state index contributed by atoms with van der Waals surface area (Å²) in [7, 11) is 3.52. The van der Waals surface area contributed by atoms with E-state index in [-0.39, 0.29) is 11.8 Å². The molecule has 0 aromatic heterocycles. The number of amides is 1. The van der Waals surface area contributed by atoms with Crippen molar-refractivity contribution in [3.63, 3.8) is 0 Å². The predicted octanol–water partition coefficient (Wildman–Crippen LogP) is 1.13. The quantitative estimate of drug-likeness (QED) is 0.680. The van der Waals surface area contributed by atoms with Gasteiger partial charge >= 0.3 is 0 Å². The molecule has 2 unspecified atom stereocenters. The molecule has 0 radical (unpaired) electrons. The van der Waals surface area contributed by atoms with Crippen molar-refractivity contribution in [2.45, 2.75) is 13.8 Å². The van der Waals surface area contributed by atoms with Gasteiger partial charge in [0.25, 0.3) is 0 Å². The molecule has 0 aromatic carbocycles. The molecule has 14 heavy (non-hydrogen) atoms. The summed E-state index contributed by atoms with van der Waals surface area (Å²) < 4.78 is 0. The lowest BCUT2D eigenvalue weighted by Gasteiger charge is -2.26. The van der Waals surface area contributed by atoms with Crippen LogP contribution < -0.4 is 5.73 Å². The van der Waals surface area contributed by atoms with E-state index in [9.17, 15) is 4.79 Å². The molecule has 0 aromatic rings. The topological polar surface area (TPSA) is 46.3 Å². The van der Waals surface area contributed by atoms with Gasteiger partial charge in [0.15, 0.2) is 0 Å². The van der Waals surface area contributed by atoms with E-state index < -0.39 is 0 Å². The third kappa shape index (κ3) is 1.97. The lowest BCUT2D eigenvalue weighted by Crippen LogP contribution is -2.30. The van der Waals surface area contributed by atoms with Gasteiger partial charge in [-0.15, -0.1) is 0 Å². The number of hydrogen-bond acceptors (Lipinski definition) is 2. The van der Waals surface area contributed by atoms with E-state index in [0.29, 0.717) is 11.6 Å². The zero-order chi connectivity index (χ0) is 10.9. The second kappa shape index (κ2) is 3.86. The van der Waals surface area contributed by atoms with Crippen molar-refractivity contribution in [1.29, 1.82) is 0 Å². The van der Waals surface area contributed by atoms with Crippen molar-refractivity contribution in [1.82, 2.24) is 4.90 Å². The third-order valence-electron chi connectivity index (χ3n) is 2.71. The van der Waals surface area contributed by atoms with E-state index in [4.69, 9.17) is 5.73 Å². The van der Waals surface area contributed by atoms with Crippen LogP contribution in [0.15, 0.2) is 23.4 Å². The Morgan fingerprint density at radius 1 is 1.43 bits per heavy atom. The SMILES string of the molecule is CC1C=C(N)C=C(C(=O)N(C)C)C1C. The Balaban J connectivity index is 2.97. The number of hydrogen-bond donors (Lipinski definition) is 1. The first-order valence-corrected chi connectivity index (χ1v) is 4.84. The second-order valence-electron chi connectivity index (χ2n) is 4.11. The molecule has 0 heterocycles. The van der Waals surface area contributed by atoms with Gasteiger partial charge in [0, 0.05) is 25.4 Å². The fourth-order valence-corrected chi connectivity index (χ4v) is 1.60. The van der Waals surface area contributed by atoms with Crippen LogP contribution in [0.2, 0.25) is 0 Å². The molecule has 0 fully saturated rings. The van der Waals surface area contributed by atoms with Gasteiger partial charge < -0.3 is 10.6 Å². The normalized spacial score (nSPS) is 26.6. The Bertz CT molecular complexity index is 302. The summed E-state index contributed by atoms with van der Waals surface area (Å²) in [6.45, 7) is 4.13. The number of allylic oxidation sites excluding steroid dienone is 2. The molecule has 1 aliphatic rings. The summed E-state index contributed by atoms with van der Waals surface area (Å²) in [5, 5.41) is 0. The van der Waals surface area contributed by atoms with Gasteiger partial charge in [-0.3, -0.25) is 4.79 Å². The number of carbonyl (C=O) groups excluding carboxylic acids is 1. The summed E-state index contributed by atoms with van der Waals surface area (Å²) in [4.78, 5) is 13.4. The standard InChI is InChI=1S/C11H18N2O/c1-7-5-9(12)6-10(8(7)2)11(14)13(3)4/h5-8H,12H2,1-4H3. The van der Waals surface area contributed by atoms with Crippen LogP contribution in [0.5, 0.6) is 0 Å². The monoisotopic (exact) mass is 194 g/mol. The lowest BCUT2D eigenvalue weighted by molar-refractivity contribution is -0.125. The summed E-state index contributed by atoms with van der Waals surface area (Å²) in [6, 6.07) is 0. The molecule has 0 aliphatic heterocycles. The van der Waals surface area contributed by atoms with Crippen molar-refractivity contribution >= 4 is 5.91 Å². The second-order valence-corrected chi connectivity index (χ2v) is 4.11. The molecule has 1 aliphatic carbocycles. The van der Waals surface area contributed by atoms with Crippen molar-refractivity contribution < 1.29 is 4.79 Å². The van der Waals surface area contributed by atoms with Crippen LogP contribution in [0.25, 0.3) is 0 Å². The molecule has 1 rings (SSSR count). The van der Waals surface area contributed by atoms with Crippen LogP contribution >= 0.6 is 0 Å². The molecule has 3 nitrogen and oxygen atoms in total. The number of carbonyl (C=O) groups is 1. The van der Waals surface area contributed by atoms with E-state index in [0.717, 1.165) is 5.57 Å². The van der Waals surface area contributed by atoms with Crippen LogP contribution in [0.3, 0.4) is 0 Å². The van der Waals surface area contributed by atoms with Gasteiger partial charge in [-0.05, 0) is 17.9 Å². The van der Waals surface area contributed by atoms with Crippen molar-refractivity contribution in [2.24, 2.45) is 17.6 Å². The van der Waals surface area contributed by atoms with E-state index in [1.165, 1.54) is 0 Å². The minimum atomic E-state index is 0.0559. The van der Waals surface area contributed by atoms with Gasteiger partial charge in [-0.2, -0.15) is 0 Å². The molecule has 1 amide bonds. The fourth-order valence-electron chi connectivity index (χ4n) is 1.60. The van der Waals surface area contributed by atoms with Gasteiger partial charge in [0.2, 0.25) is 5.91 Å². The highest BCUT2D eigenvalue weighted by Gasteiger charge is 2.25. The molecule has 0 spiro atoms. The highest BCUT2D eigenvalue weighted by molar-refractivity contribution is 5.94. The van der Waals surface area contributed by atoms with Gasteiger partial charge in [-0.1, -0.05) is 19.9 Å².